The molecule has 3 aromatic rings. The number of rotatable bonds is 8. The molecule has 3 heterocycles. The zero-order chi connectivity index (χ0) is 33.6. The lowest BCUT2D eigenvalue weighted by molar-refractivity contribution is -0.138. The number of piperidine rings is 1. The van der Waals surface area contributed by atoms with Crippen LogP contribution < -0.4 is 11.2 Å². The number of nitrogens with one attached hydrogen (secondary N) is 1. The number of nitrogens with two attached hydrogens (primary N) is 1. The second-order valence-electron chi connectivity index (χ2n) is 13.0. The number of hydrogen-bond donors (Lipinski definition) is 2. The van der Waals surface area contributed by atoms with Crippen LogP contribution in [-0.2, 0) is 33.4 Å². The van der Waals surface area contributed by atoms with E-state index in [4.69, 9.17) is 10.6 Å². The number of nitrogens with zero attached hydrogens (tertiary/aromatic N) is 3. The molecule has 47 heavy (non-hydrogen) atoms. The maximum atomic E-state index is 14.3. The first-order valence-electron chi connectivity index (χ1n) is 15.7. The number of aliphatic imine (C=N–C) groups is 1. The van der Waals surface area contributed by atoms with Crippen LogP contribution >= 0.6 is 0 Å². The van der Waals surface area contributed by atoms with Crippen molar-refractivity contribution in [3.05, 3.63) is 106 Å². The molecule has 0 bridgehead atoms. The van der Waals surface area contributed by atoms with Crippen molar-refractivity contribution in [2.45, 2.75) is 56.9 Å². The fourth-order valence-electron chi connectivity index (χ4n) is 6.96. The lowest BCUT2D eigenvalue weighted by Gasteiger charge is -2.43. The van der Waals surface area contributed by atoms with Crippen LogP contribution in [0.2, 0.25) is 0 Å². The van der Waals surface area contributed by atoms with Crippen LogP contribution in [0.25, 0.3) is 0 Å². The molecule has 12 heteroatoms. The van der Waals surface area contributed by atoms with E-state index >= 15 is 0 Å². The Morgan fingerprint density at radius 3 is 2.49 bits per heavy atom. The van der Waals surface area contributed by atoms with Gasteiger partial charge in [0.25, 0.3) is 11.8 Å². The third-order valence-corrected chi connectivity index (χ3v) is 9.58. The number of carbonyl (C=O) groups excluding carboxylic acids is 2. The second kappa shape index (κ2) is 12.4. The van der Waals surface area contributed by atoms with E-state index in [-0.39, 0.29) is 43.0 Å². The minimum atomic E-state index is -4.79. The molecular formula is C35H37F4N5O3. The van der Waals surface area contributed by atoms with E-state index in [9.17, 15) is 27.2 Å². The molecule has 3 atom stereocenters. The maximum Gasteiger partial charge on any atom is 0.417 e. The van der Waals surface area contributed by atoms with Gasteiger partial charge in [-0.25, -0.2) is 9.38 Å². The van der Waals surface area contributed by atoms with E-state index in [1.54, 1.807) is 0 Å². The SMILES string of the molecule is CC(C)CCC1(c2ccc(F)cc2)N=C(N)N(Cc2ccc(C(F)(F)F)c(C(=O)N3CC[C@@]4(c5ccccc5)NOC[C@H]4C3)c2)C1=O. The third-order valence-electron chi connectivity index (χ3n) is 9.58. The predicted molar refractivity (Wildman–Crippen MR) is 167 cm³/mol. The molecule has 0 aromatic heterocycles. The molecule has 2 saturated heterocycles. The summed E-state index contributed by atoms with van der Waals surface area (Å²) in [5, 5.41) is 0. The maximum absolute atomic E-state index is 14.3. The van der Waals surface area contributed by atoms with Crippen molar-refractivity contribution in [2.75, 3.05) is 19.7 Å². The van der Waals surface area contributed by atoms with Gasteiger partial charge in [0, 0.05) is 19.0 Å². The van der Waals surface area contributed by atoms with E-state index in [0.717, 1.165) is 11.6 Å². The second-order valence-corrected chi connectivity index (χ2v) is 13.0. The molecule has 8 nitrogen and oxygen atoms in total. The smallest absolute Gasteiger partial charge is 0.369 e. The van der Waals surface area contributed by atoms with E-state index in [0.29, 0.717) is 31.4 Å². The minimum absolute atomic E-state index is 0.0992. The van der Waals surface area contributed by atoms with Gasteiger partial charge in [0.15, 0.2) is 11.5 Å². The summed E-state index contributed by atoms with van der Waals surface area (Å²) in [4.78, 5) is 40.8. The van der Waals surface area contributed by atoms with Crippen molar-refractivity contribution in [2.24, 2.45) is 22.6 Å². The van der Waals surface area contributed by atoms with E-state index in [1.165, 1.54) is 46.2 Å². The Bertz CT molecular complexity index is 1680. The van der Waals surface area contributed by atoms with Gasteiger partial charge in [0.1, 0.15) is 5.82 Å². The Morgan fingerprint density at radius 1 is 1.09 bits per heavy atom. The Kier molecular flexibility index (Phi) is 8.60. The summed E-state index contributed by atoms with van der Waals surface area (Å²) in [6.07, 6.45) is -3.41. The molecule has 3 aliphatic heterocycles. The van der Waals surface area contributed by atoms with Crippen LogP contribution in [-0.4, -0.2) is 47.3 Å². The van der Waals surface area contributed by atoms with Crippen molar-refractivity contribution >= 4 is 17.8 Å². The highest BCUT2D eigenvalue weighted by atomic mass is 19.4. The van der Waals surface area contributed by atoms with Gasteiger partial charge < -0.3 is 15.5 Å². The number of carbonyl (C=O) groups is 2. The number of hydroxylamine groups is 1. The van der Waals surface area contributed by atoms with Crippen molar-refractivity contribution in [1.82, 2.24) is 15.3 Å². The largest absolute Gasteiger partial charge is 0.417 e. The number of likely N-dealkylation sites (tertiary alicyclic amines) is 1. The first-order chi connectivity index (χ1) is 22.3. The number of halogens is 4. The van der Waals surface area contributed by atoms with Crippen molar-refractivity contribution < 1.29 is 32.0 Å². The Morgan fingerprint density at radius 2 is 1.81 bits per heavy atom. The Balaban J connectivity index is 1.28. The number of guanidine groups is 1. The quantitative estimate of drug-likeness (QED) is 0.304. The highest BCUT2D eigenvalue weighted by molar-refractivity contribution is 6.07. The van der Waals surface area contributed by atoms with Crippen LogP contribution in [0.4, 0.5) is 17.6 Å². The van der Waals surface area contributed by atoms with Crippen LogP contribution in [0.3, 0.4) is 0 Å². The normalized spacial score (nSPS) is 24.5. The number of amides is 2. The number of benzene rings is 3. The van der Waals surface area contributed by atoms with Crippen LogP contribution in [0.15, 0.2) is 77.8 Å². The van der Waals surface area contributed by atoms with Gasteiger partial charge in [-0.1, -0.05) is 62.4 Å². The van der Waals surface area contributed by atoms with Gasteiger partial charge in [-0.05, 0) is 66.1 Å². The number of alkyl halides is 3. The monoisotopic (exact) mass is 651 g/mol. The van der Waals surface area contributed by atoms with Gasteiger partial charge in [-0.2, -0.15) is 18.7 Å². The van der Waals surface area contributed by atoms with E-state index in [1.807, 2.05) is 44.2 Å². The third kappa shape index (κ3) is 6.00. The van der Waals surface area contributed by atoms with Gasteiger partial charge in [-0.3, -0.25) is 14.5 Å². The average molecular weight is 652 g/mol. The highest BCUT2D eigenvalue weighted by Crippen LogP contribution is 2.43. The molecule has 6 rings (SSSR count). The Labute approximate surface area is 270 Å². The van der Waals surface area contributed by atoms with Crippen molar-refractivity contribution in [3.63, 3.8) is 0 Å². The van der Waals surface area contributed by atoms with E-state index < -0.39 is 46.0 Å². The molecule has 0 aliphatic carbocycles. The summed E-state index contributed by atoms with van der Waals surface area (Å²) >= 11 is 0. The van der Waals surface area contributed by atoms with Crippen molar-refractivity contribution in [1.29, 1.82) is 0 Å². The summed E-state index contributed by atoms with van der Waals surface area (Å²) in [6, 6.07) is 18.5. The van der Waals surface area contributed by atoms with Gasteiger partial charge in [-0.15, -0.1) is 0 Å². The summed E-state index contributed by atoms with van der Waals surface area (Å²) in [7, 11) is 0. The average Bonchev–Trinajstić information content (AvgIpc) is 3.59. The molecule has 2 amide bonds. The molecule has 0 saturated carbocycles. The highest BCUT2D eigenvalue weighted by Gasteiger charge is 2.51. The fraction of sp³-hybridized carbons (Fsp3) is 0.400. The molecule has 3 N–H and O–H groups in total. The minimum Gasteiger partial charge on any atom is -0.369 e. The van der Waals surface area contributed by atoms with Gasteiger partial charge in [0.2, 0.25) is 0 Å². The predicted octanol–water partition coefficient (Wildman–Crippen LogP) is 5.73. The molecule has 3 aliphatic rings. The number of fused-ring (bicyclic) bond motifs is 1. The number of hydrogen-bond acceptors (Lipinski definition) is 6. The summed E-state index contributed by atoms with van der Waals surface area (Å²) in [5.41, 5.74) is 7.66. The zero-order valence-electron chi connectivity index (χ0n) is 26.2. The van der Waals surface area contributed by atoms with E-state index in [2.05, 4.69) is 10.5 Å². The van der Waals surface area contributed by atoms with Crippen molar-refractivity contribution in [3.8, 4) is 0 Å². The summed E-state index contributed by atoms with van der Waals surface area (Å²) in [6.45, 7) is 4.51. The summed E-state index contributed by atoms with van der Waals surface area (Å²) in [5.74, 6) is -1.73. The molecule has 3 aromatic carbocycles. The standard InChI is InChI=1S/C35H37F4N5O3/c1-22(2)14-15-34(25-9-11-27(36)12-10-25)31(46)44(32(40)41-34)19-23-8-13-29(35(37,38)39)28(18-23)30(45)43-17-16-33(24-6-4-3-5-7-24)26(20-43)21-47-42-33/h3-13,18,22,26,42H,14-17,19-21H2,1-2H3,(H2,40,41)/t26-,33+,34?/m1/s1. The summed E-state index contributed by atoms with van der Waals surface area (Å²) < 4.78 is 56.6. The van der Waals surface area contributed by atoms with Crippen LogP contribution in [0.1, 0.15) is 65.7 Å². The zero-order valence-corrected chi connectivity index (χ0v) is 26.2. The molecular weight excluding hydrogens is 614 g/mol. The first kappa shape index (κ1) is 32.6. The van der Waals surface area contributed by atoms with Crippen LogP contribution in [0.5, 0.6) is 0 Å². The molecule has 248 valence electrons. The Hall–Kier alpha value is -4.29. The molecule has 0 spiro atoms. The first-order valence-corrected chi connectivity index (χ1v) is 15.7. The fourth-order valence-corrected chi connectivity index (χ4v) is 6.96. The molecule has 0 radical (unpaired) electrons. The molecule has 1 unspecified atom stereocenters. The lowest BCUT2D eigenvalue weighted by atomic mass is 9.74. The topological polar surface area (TPSA) is 100 Å². The van der Waals surface area contributed by atoms with Gasteiger partial charge in [0.05, 0.1) is 29.8 Å². The van der Waals surface area contributed by atoms with Crippen LogP contribution in [0, 0.1) is 17.7 Å². The molecule has 2 fully saturated rings. The van der Waals surface area contributed by atoms with Gasteiger partial charge >= 0.3 is 6.18 Å². The lowest BCUT2D eigenvalue weighted by Crippen LogP contribution is -2.54.